The molecular formula is C12H11N2. The fourth-order valence-electron chi connectivity index (χ4n) is 1.38. The summed E-state index contributed by atoms with van der Waals surface area (Å²) in [5, 5.41) is 0. The first-order chi connectivity index (χ1) is 6.79. The van der Waals surface area contributed by atoms with Crippen LogP contribution in [0.25, 0.3) is 11.1 Å². The summed E-state index contributed by atoms with van der Waals surface area (Å²) in [7, 11) is 0. The molecule has 1 radical (unpaired) electrons. The molecule has 1 aromatic heterocycles. The Balaban J connectivity index is 2.58. The van der Waals surface area contributed by atoms with Crippen LogP contribution in [0.2, 0.25) is 0 Å². The van der Waals surface area contributed by atoms with Crippen molar-refractivity contribution in [3.8, 4) is 11.1 Å². The van der Waals surface area contributed by atoms with E-state index < -0.39 is 0 Å². The molecule has 0 saturated carbocycles. The van der Waals surface area contributed by atoms with Crippen LogP contribution in [0, 0.1) is 13.1 Å². The van der Waals surface area contributed by atoms with Gasteiger partial charge in [-0.15, -0.1) is 0 Å². The van der Waals surface area contributed by atoms with Gasteiger partial charge in [0, 0.05) is 5.56 Å². The minimum Gasteiger partial charge on any atom is -0.397 e. The Morgan fingerprint density at radius 3 is 2.64 bits per heavy atom. The third-order valence-electron chi connectivity index (χ3n) is 2.25. The van der Waals surface area contributed by atoms with Gasteiger partial charge < -0.3 is 5.73 Å². The summed E-state index contributed by atoms with van der Waals surface area (Å²) in [5.41, 5.74) is 9.60. The molecule has 1 aromatic carbocycles. The number of nitrogens with two attached hydrogens (primary N) is 1. The van der Waals surface area contributed by atoms with Gasteiger partial charge in [-0.2, -0.15) is 0 Å². The molecule has 0 bridgehead atoms. The lowest BCUT2D eigenvalue weighted by Crippen LogP contribution is -1.94. The van der Waals surface area contributed by atoms with Crippen LogP contribution in [-0.2, 0) is 0 Å². The van der Waals surface area contributed by atoms with E-state index in [9.17, 15) is 0 Å². The number of rotatable bonds is 1. The van der Waals surface area contributed by atoms with Crippen LogP contribution < -0.4 is 5.73 Å². The lowest BCUT2D eigenvalue weighted by molar-refractivity contribution is 1.28. The van der Waals surface area contributed by atoms with E-state index in [4.69, 9.17) is 5.73 Å². The lowest BCUT2D eigenvalue weighted by atomic mass is 10.0. The van der Waals surface area contributed by atoms with E-state index in [0.717, 1.165) is 16.7 Å². The maximum absolute atomic E-state index is 5.78. The molecule has 69 valence electrons. The Labute approximate surface area is 83.4 Å². The molecule has 0 aliphatic rings. The third kappa shape index (κ3) is 1.46. The van der Waals surface area contributed by atoms with Gasteiger partial charge in [0.2, 0.25) is 0 Å². The maximum atomic E-state index is 5.78. The van der Waals surface area contributed by atoms with Crippen molar-refractivity contribution in [2.45, 2.75) is 6.92 Å². The van der Waals surface area contributed by atoms with Crippen molar-refractivity contribution in [1.82, 2.24) is 4.98 Å². The largest absolute Gasteiger partial charge is 0.397 e. The van der Waals surface area contributed by atoms with Gasteiger partial charge in [-0.3, -0.25) is 4.98 Å². The molecule has 0 atom stereocenters. The van der Waals surface area contributed by atoms with Crippen LogP contribution in [0.4, 0.5) is 5.69 Å². The summed E-state index contributed by atoms with van der Waals surface area (Å²) < 4.78 is 0. The Morgan fingerprint density at radius 2 is 1.93 bits per heavy atom. The number of nitrogen functional groups attached to an aromatic ring is 1. The van der Waals surface area contributed by atoms with E-state index in [2.05, 4.69) is 11.2 Å². The average Bonchev–Trinajstić information content (AvgIpc) is 2.23. The number of hydrogen-bond donors (Lipinski definition) is 1. The van der Waals surface area contributed by atoms with E-state index in [1.807, 2.05) is 37.3 Å². The molecule has 2 nitrogen and oxygen atoms in total. The second kappa shape index (κ2) is 3.50. The zero-order chi connectivity index (χ0) is 9.97. The molecule has 1 heterocycles. The number of nitrogens with zero attached hydrogens (tertiary/aromatic N) is 1. The molecule has 2 N–H and O–H groups in total. The van der Waals surface area contributed by atoms with Crippen molar-refractivity contribution in [2.24, 2.45) is 0 Å². The smallest absolute Gasteiger partial charge is 0.0975 e. The summed E-state index contributed by atoms with van der Waals surface area (Å²) in [6, 6.07) is 10.0. The van der Waals surface area contributed by atoms with E-state index >= 15 is 0 Å². The topological polar surface area (TPSA) is 38.9 Å². The zero-order valence-corrected chi connectivity index (χ0v) is 7.99. The van der Waals surface area contributed by atoms with Crippen LogP contribution in [0.15, 0.2) is 36.5 Å². The quantitative estimate of drug-likeness (QED) is 0.737. The predicted octanol–water partition coefficient (Wildman–Crippen LogP) is 2.44. The molecule has 0 amide bonds. The molecule has 14 heavy (non-hydrogen) atoms. The molecule has 2 heteroatoms. The standard InChI is InChI=1S/C12H11N2/c1-9-11(7-14-8-12(9)13)10-5-3-2-4-6-10/h2-6,8H,13H2,1H3. The summed E-state index contributed by atoms with van der Waals surface area (Å²) >= 11 is 0. The number of benzene rings is 1. The van der Waals surface area contributed by atoms with Gasteiger partial charge >= 0.3 is 0 Å². The maximum Gasteiger partial charge on any atom is 0.0975 e. The van der Waals surface area contributed by atoms with Gasteiger partial charge in [0.15, 0.2) is 0 Å². The first-order valence-corrected chi connectivity index (χ1v) is 4.47. The van der Waals surface area contributed by atoms with Crippen molar-refractivity contribution in [3.63, 3.8) is 0 Å². The summed E-state index contributed by atoms with van der Waals surface area (Å²) in [6.45, 7) is 1.98. The van der Waals surface area contributed by atoms with E-state index in [-0.39, 0.29) is 0 Å². The number of hydrogen-bond acceptors (Lipinski definition) is 2. The van der Waals surface area contributed by atoms with Gasteiger partial charge in [0.25, 0.3) is 0 Å². The molecule has 0 spiro atoms. The zero-order valence-electron chi connectivity index (χ0n) is 7.99. The molecular weight excluding hydrogens is 172 g/mol. The van der Waals surface area contributed by atoms with Gasteiger partial charge in [0.1, 0.15) is 0 Å². The lowest BCUT2D eigenvalue weighted by Gasteiger charge is -2.06. The van der Waals surface area contributed by atoms with Crippen molar-refractivity contribution in [3.05, 3.63) is 48.3 Å². The van der Waals surface area contributed by atoms with Crippen LogP contribution in [0.1, 0.15) is 5.56 Å². The van der Waals surface area contributed by atoms with E-state index in [0.29, 0.717) is 5.69 Å². The van der Waals surface area contributed by atoms with Gasteiger partial charge in [-0.05, 0) is 18.1 Å². The Morgan fingerprint density at radius 1 is 1.21 bits per heavy atom. The average molecular weight is 183 g/mol. The first kappa shape index (κ1) is 8.75. The molecule has 2 rings (SSSR count). The van der Waals surface area contributed by atoms with Crippen LogP contribution >= 0.6 is 0 Å². The molecule has 0 aliphatic carbocycles. The monoisotopic (exact) mass is 183 g/mol. The highest BCUT2D eigenvalue weighted by Gasteiger charge is 2.04. The van der Waals surface area contributed by atoms with Crippen LogP contribution in [-0.4, -0.2) is 4.98 Å². The summed E-state index contributed by atoms with van der Waals surface area (Å²) in [4.78, 5) is 3.97. The van der Waals surface area contributed by atoms with Gasteiger partial charge in [-0.1, -0.05) is 30.3 Å². The molecule has 0 aliphatic heterocycles. The molecule has 2 aromatic rings. The number of pyridine rings is 1. The Bertz CT molecular complexity index is 435. The molecule has 0 fully saturated rings. The second-order valence-electron chi connectivity index (χ2n) is 3.19. The van der Waals surface area contributed by atoms with Crippen molar-refractivity contribution >= 4 is 5.69 Å². The highest BCUT2D eigenvalue weighted by molar-refractivity contribution is 5.70. The van der Waals surface area contributed by atoms with Crippen LogP contribution in [0.5, 0.6) is 0 Å². The predicted molar refractivity (Wildman–Crippen MR) is 57.7 cm³/mol. The first-order valence-electron chi connectivity index (χ1n) is 4.47. The van der Waals surface area contributed by atoms with E-state index in [1.165, 1.54) is 0 Å². The Hall–Kier alpha value is -1.83. The normalized spacial score (nSPS) is 10.1. The number of aromatic nitrogens is 1. The summed E-state index contributed by atoms with van der Waals surface area (Å²) in [6.07, 6.45) is 4.59. The van der Waals surface area contributed by atoms with E-state index in [1.54, 1.807) is 6.20 Å². The SMILES string of the molecule is Cc1c(-c2ccccc2)[c]ncc1N. The summed E-state index contributed by atoms with van der Waals surface area (Å²) in [5.74, 6) is 0. The molecule has 0 saturated heterocycles. The highest BCUT2D eigenvalue weighted by atomic mass is 14.7. The fraction of sp³-hybridized carbons (Fsp3) is 0.0833. The minimum atomic E-state index is 0.711. The second-order valence-corrected chi connectivity index (χ2v) is 3.19. The Kier molecular flexibility index (Phi) is 2.19. The van der Waals surface area contributed by atoms with Crippen molar-refractivity contribution in [1.29, 1.82) is 0 Å². The fourth-order valence-corrected chi connectivity index (χ4v) is 1.38. The van der Waals surface area contributed by atoms with Crippen LogP contribution in [0.3, 0.4) is 0 Å². The van der Waals surface area contributed by atoms with Crippen molar-refractivity contribution in [2.75, 3.05) is 5.73 Å². The van der Waals surface area contributed by atoms with Crippen molar-refractivity contribution < 1.29 is 0 Å². The highest BCUT2D eigenvalue weighted by Crippen LogP contribution is 2.24. The third-order valence-corrected chi connectivity index (χ3v) is 2.25. The molecule has 0 unspecified atom stereocenters. The number of anilines is 1. The van der Waals surface area contributed by atoms with Gasteiger partial charge in [-0.25, -0.2) is 0 Å². The van der Waals surface area contributed by atoms with Gasteiger partial charge in [0.05, 0.1) is 18.1 Å². The minimum absolute atomic E-state index is 0.711.